The molecule has 110 valence electrons. The maximum absolute atomic E-state index is 12.0. The van der Waals surface area contributed by atoms with E-state index in [0.29, 0.717) is 12.3 Å². The van der Waals surface area contributed by atoms with Crippen molar-refractivity contribution in [2.75, 3.05) is 13.7 Å². The lowest BCUT2D eigenvalue weighted by atomic mass is 9.67. The van der Waals surface area contributed by atoms with Crippen LogP contribution in [0.1, 0.15) is 46.0 Å². The largest absolute Gasteiger partial charge is 0.480 e. The van der Waals surface area contributed by atoms with Crippen molar-refractivity contribution in [2.45, 2.75) is 52.0 Å². The lowest BCUT2D eigenvalue weighted by Gasteiger charge is -2.38. The molecular formula is C14H25NO4. The first kappa shape index (κ1) is 16.0. The third kappa shape index (κ3) is 4.82. The Morgan fingerprint density at radius 3 is 2.63 bits per heavy atom. The highest BCUT2D eigenvalue weighted by Crippen LogP contribution is 2.42. The number of carbonyl (C=O) groups excluding carboxylic acids is 1. The summed E-state index contributed by atoms with van der Waals surface area (Å²) in [5.41, 5.74) is 0.162. The van der Waals surface area contributed by atoms with Crippen LogP contribution in [0.25, 0.3) is 0 Å². The second-order valence-corrected chi connectivity index (χ2v) is 6.05. The van der Waals surface area contributed by atoms with E-state index in [-0.39, 0.29) is 17.9 Å². The van der Waals surface area contributed by atoms with Gasteiger partial charge >= 0.3 is 5.97 Å². The Hall–Kier alpha value is -1.10. The quantitative estimate of drug-likeness (QED) is 0.772. The lowest BCUT2D eigenvalue weighted by molar-refractivity contribution is -0.143. The van der Waals surface area contributed by atoms with Crippen molar-refractivity contribution < 1.29 is 19.4 Å². The number of aliphatic carboxylic acids is 1. The van der Waals surface area contributed by atoms with Crippen molar-refractivity contribution in [2.24, 2.45) is 11.3 Å². The predicted octanol–water partition coefficient (Wildman–Crippen LogP) is 1.81. The standard InChI is InChI=1S/C14H25NO4/c1-14(2)7-5-4-6-10(14)8-12(16)15-11(9-19-3)13(17)18/h10-11H,4-9H2,1-3H3,(H,15,16)(H,17,18). The number of carboxylic acid groups (broad SMARTS) is 1. The first-order valence-corrected chi connectivity index (χ1v) is 6.88. The van der Waals surface area contributed by atoms with Gasteiger partial charge in [-0.15, -0.1) is 0 Å². The molecule has 0 aromatic carbocycles. The maximum Gasteiger partial charge on any atom is 0.328 e. The van der Waals surface area contributed by atoms with Gasteiger partial charge in [0.2, 0.25) is 5.91 Å². The van der Waals surface area contributed by atoms with E-state index in [0.717, 1.165) is 19.3 Å². The summed E-state index contributed by atoms with van der Waals surface area (Å²) in [7, 11) is 1.42. The van der Waals surface area contributed by atoms with Crippen molar-refractivity contribution in [1.82, 2.24) is 5.32 Å². The van der Waals surface area contributed by atoms with E-state index < -0.39 is 12.0 Å². The predicted molar refractivity (Wildman–Crippen MR) is 71.8 cm³/mol. The minimum absolute atomic E-state index is 0.00483. The van der Waals surface area contributed by atoms with Gasteiger partial charge in [-0.25, -0.2) is 4.79 Å². The SMILES string of the molecule is COCC(NC(=O)CC1CCCCC1(C)C)C(=O)O. The Morgan fingerprint density at radius 2 is 2.11 bits per heavy atom. The van der Waals surface area contributed by atoms with Crippen LogP contribution in [0.5, 0.6) is 0 Å². The molecule has 1 fully saturated rings. The van der Waals surface area contributed by atoms with Crippen molar-refractivity contribution in [1.29, 1.82) is 0 Å². The Morgan fingerprint density at radius 1 is 1.42 bits per heavy atom. The highest BCUT2D eigenvalue weighted by atomic mass is 16.5. The highest BCUT2D eigenvalue weighted by molar-refractivity contribution is 5.83. The second kappa shape index (κ2) is 6.89. The Balaban J connectivity index is 2.51. The van der Waals surface area contributed by atoms with Gasteiger partial charge in [0.05, 0.1) is 6.61 Å². The normalized spacial score (nSPS) is 23.6. The monoisotopic (exact) mass is 271 g/mol. The van der Waals surface area contributed by atoms with E-state index in [4.69, 9.17) is 9.84 Å². The fourth-order valence-electron chi connectivity index (χ4n) is 2.76. The molecule has 2 unspecified atom stereocenters. The average molecular weight is 271 g/mol. The Bertz CT molecular complexity index is 327. The topological polar surface area (TPSA) is 75.6 Å². The van der Waals surface area contributed by atoms with Gasteiger partial charge in [-0.2, -0.15) is 0 Å². The number of ether oxygens (including phenoxy) is 1. The summed E-state index contributed by atoms with van der Waals surface area (Å²) >= 11 is 0. The molecule has 0 aliphatic heterocycles. The molecule has 2 N–H and O–H groups in total. The minimum atomic E-state index is -1.06. The van der Waals surface area contributed by atoms with Crippen LogP contribution in [-0.4, -0.2) is 36.7 Å². The molecule has 19 heavy (non-hydrogen) atoms. The number of nitrogens with one attached hydrogen (secondary N) is 1. The third-order valence-corrected chi connectivity index (χ3v) is 4.13. The van der Waals surface area contributed by atoms with Crippen LogP contribution >= 0.6 is 0 Å². The van der Waals surface area contributed by atoms with Crippen LogP contribution < -0.4 is 5.32 Å². The zero-order chi connectivity index (χ0) is 14.5. The molecule has 0 radical (unpaired) electrons. The van der Waals surface area contributed by atoms with Gasteiger partial charge < -0.3 is 15.2 Å². The number of carboxylic acids is 1. The molecule has 0 spiro atoms. The van der Waals surface area contributed by atoms with E-state index in [2.05, 4.69) is 19.2 Å². The smallest absolute Gasteiger partial charge is 0.328 e. The molecule has 1 amide bonds. The van der Waals surface area contributed by atoms with Gasteiger partial charge in [0.1, 0.15) is 0 Å². The molecule has 0 aromatic heterocycles. The summed E-state index contributed by atoms with van der Waals surface area (Å²) < 4.78 is 4.80. The number of rotatable bonds is 6. The van der Waals surface area contributed by atoms with Gasteiger partial charge in [0.15, 0.2) is 6.04 Å². The summed E-state index contributed by atoms with van der Waals surface area (Å²) in [5.74, 6) is -0.916. The second-order valence-electron chi connectivity index (χ2n) is 6.05. The molecular weight excluding hydrogens is 246 g/mol. The molecule has 0 aromatic rings. The number of carbonyl (C=O) groups is 2. The molecule has 2 atom stereocenters. The van der Waals surface area contributed by atoms with Gasteiger partial charge in [0, 0.05) is 13.5 Å². The van der Waals surface area contributed by atoms with Crippen molar-refractivity contribution in [3.63, 3.8) is 0 Å². The molecule has 0 bridgehead atoms. The van der Waals surface area contributed by atoms with E-state index in [1.807, 2.05) is 0 Å². The van der Waals surface area contributed by atoms with Crippen LogP contribution in [-0.2, 0) is 14.3 Å². The van der Waals surface area contributed by atoms with Crippen LogP contribution in [0.3, 0.4) is 0 Å². The van der Waals surface area contributed by atoms with Crippen molar-refractivity contribution in [3.05, 3.63) is 0 Å². The molecule has 0 saturated heterocycles. The third-order valence-electron chi connectivity index (χ3n) is 4.13. The van der Waals surface area contributed by atoms with Gasteiger partial charge in [-0.1, -0.05) is 26.7 Å². The number of methoxy groups -OCH3 is 1. The number of hydrogen-bond donors (Lipinski definition) is 2. The fourth-order valence-corrected chi connectivity index (χ4v) is 2.76. The van der Waals surface area contributed by atoms with Crippen LogP contribution in [0.4, 0.5) is 0 Å². The van der Waals surface area contributed by atoms with Crippen LogP contribution in [0.15, 0.2) is 0 Å². The zero-order valence-corrected chi connectivity index (χ0v) is 12.1. The van der Waals surface area contributed by atoms with Gasteiger partial charge in [0.25, 0.3) is 0 Å². The van der Waals surface area contributed by atoms with Crippen molar-refractivity contribution >= 4 is 11.9 Å². The van der Waals surface area contributed by atoms with Crippen molar-refractivity contribution in [3.8, 4) is 0 Å². The number of hydrogen-bond acceptors (Lipinski definition) is 3. The maximum atomic E-state index is 12.0. The van der Waals surface area contributed by atoms with E-state index in [1.54, 1.807) is 0 Å². The molecule has 1 aliphatic rings. The van der Waals surface area contributed by atoms with Gasteiger partial charge in [-0.05, 0) is 24.2 Å². The number of amides is 1. The Kier molecular flexibility index (Phi) is 5.79. The van der Waals surface area contributed by atoms with E-state index in [9.17, 15) is 9.59 Å². The van der Waals surface area contributed by atoms with Crippen LogP contribution in [0.2, 0.25) is 0 Å². The highest BCUT2D eigenvalue weighted by Gasteiger charge is 2.34. The molecule has 5 nitrogen and oxygen atoms in total. The minimum Gasteiger partial charge on any atom is -0.480 e. The summed E-state index contributed by atoms with van der Waals surface area (Å²) in [5, 5.41) is 11.5. The summed E-state index contributed by atoms with van der Waals surface area (Å²) in [6.07, 6.45) is 4.95. The first-order chi connectivity index (χ1) is 8.86. The molecule has 5 heteroatoms. The summed E-state index contributed by atoms with van der Waals surface area (Å²) in [4.78, 5) is 22.9. The first-order valence-electron chi connectivity index (χ1n) is 6.88. The van der Waals surface area contributed by atoms with E-state index in [1.165, 1.54) is 13.5 Å². The molecule has 1 saturated carbocycles. The molecule has 0 heterocycles. The average Bonchev–Trinajstić information content (AvgIpc) is 2.31. The summed E-state index contributed by atoms with van der Waals surface area (Å²) in [6.45, 7) is 4.37. The van der Waals surface area contributed by atoms with E-state index >= 15 is 0 Å². The fraction of sp³-hybridized carbons (Fsp3) is 0.857. The lowest BCUT2D eigenvalue weighted by Crippen LogP contribution is -2.45. The molecule has 1 aliphatic carbocycles. The summed E-state index contributed by atoms with van der Waals surface area (Å²) in [6, 6.07) is -0.954. The van der Waals surface area contributed by atoms with Gasteiger partial charge in [-0.3, -0.25) is 4.79 Å². The molecule has 1 rings (SSSR count). The Labute approximate surface area is 114 Å². The van der Waals surface area contributed by atoms with Crippen LogP contribution in [0, 0.1) is 11.3 Å². The zero-order valence-electron chi connectivity index (χ0n) is 12.1.